The average molecular weight is 912 g/mol. The van der Waals surface area contributed by atoms with Crippen molar-refractivity contribution < 1.29 is 43.7 Å². The maximum Gasteiger partial charge on any atom is 0.343 e. The third kappa shape index (κ3) is 6.46. The van der Waals surface area contributed by atoms with Crippen LogP contribution in [0.3, 0.4) is 0 Å². The van der Waals surface area contributed by atoms with Gasteiger partial charge in [0.25, 0.3) is 16.8 Å². The SMILES string of the molecule is CC[C@@]1(O)C(=O)OCc2c1cc1n(c2=O)Cc2c-1nc1cc3c(cc1c2CN1CCN(C)CC1)OCCO3.CC[C@@]1(O)C(=O)OCc2c1cc1n(c2=O)Cc2cc3c([N+](=O)[O-])cccc3nc2-1. The lowest BCUT2D eigenvalue weighted by molar-refractivity contribution is -0.383. The van der Waals surface area contributed by atoms with Crippen LogP contribution < -0.4 is 20.6 Å². The number of hydrogen-bond acceptors (Lipinski definition) is 16. The van der Waals surface area contributed by atoms with Crippen molar-refractivity contribution in [3.8, 4) is 34.3 Å². The van der Waals surface area contributed by atoms with Crippen LogP contribution in [-0.2, 0) is 63.1 Å². The Bertz CT molecular complexity index is 3300. The fourth-order valence-electron chi connectivity index (χ4n) is 10.3. The van der Waals surface area contributed by atoms with E-state index < -0.39 is 28.1 Å². The Hall–Kier alpha value is -7.06. The summed E-state index contributed by atoms with van der Waals surface area (Å²) >= 11 is 0. The summed E-state index contributed by atoms with van der Waals surface area (Å²) < 4.78 is 25.2. The van der Waals surface area contributed by atoms with E-state index in [2.05, 4.69) is 21.8 Å². The molecule has 19 heteroatoms. The molecule has 6 aliphatic heterocycles. The van der Waals surface area contributed by atoms with Crippen LogP contribution in [0.4, 0.5) is 5.69 Å². The number of piperazine rings is 1. The van der Waals surface area contributed by atoms with Gasteiger partial charge in [0.2, 0.25) is 0 Å². The molecule has 12 rings (SSSR count). The molecule has 0 saturated carbocycles. The number of cyclic esters (lactones) is 2. The lowest BCUT2D eigenvalue weighted by atomic mass is 9.86. The number of carbonyl (C=O) groups is 2. The van der Waals surface area contributed by atoms with E-state index in [9.17, 15) is 39.5 Å². The first kappa shape index (κ1) is 42.6. The number of likely N-dealkylation sites (N-methyl/N-ethyl adjacent to an activating group) is 1. The molecule has 1 fully saturated rings. The first-order valence-corrected chi connectivity index (χ1v) is 22.3. The predicted octanol–water partition coefficient (Wildman–Crippen LogP) is 3.59. The van der Waals surface area contributed by atoms with Crippen molar-refractivity contribution in [2.24, 2.45) is 0 Å². The smallest absolute Gasteiger partial charge is 0.343 e. The summed E-state index contributed by atoms with van der Waals surface area (Å²) in [4.78, 5) is 76.7. The summed E-state index contributed by atoms with van der Waals surface area (Å²) in [5.74, 6) is -0.138. The van der Waals surface area contributed by atoms with E-state index in [4.69, 9.17) is 23.9 Å². The van der Waals surface area contributed by atoms with Gasteiger partial charge in [0.15, 0.2) is 22.7 Å². The topological polar surface area (TPSA) is 231 Å². The average Bonchev–Trinajstić information content (AvgIpc) is 3.89. The third-order valence-corrected chi connectivity index (χ3v) is 14.2. The number of non-ortho nitro benzene ring substituents is 1. The van der Waals surface area contributed by atoms with Gasteiger partial charge in [-0.15, -0.1) is 0 Å². The molecule has 0 aliphatic carbocycles. The number of esters is 2. The van der Waals surface area contributed by atoms with Crippen LogP contribution in [0.15, 0.2) is 58.1 Å². The van der Waals surface area contributed by atoms with Crippen LogP contribution in [-0.4, -0.2) is 102 Å². The number of benzene rings is 2. The monoisotopic (exact) mass is 911 g/mol. The van der Waals surface area contributed by atoms with Gasteiger partial charge in [0, 0.05) is 72.5 Å². The molecule has 2 aromatic carbocycles. The number of ether oxygens (including phenoxy) is 4. The second kappa shape index (κ2) is 15.5. The van der Waals surface area contributed by atoms with E-state index in [0.29, 0.717) is 81.6 Å². The van der Waals surface area contributed by atoms with Crippen LogP contribution in [0.25, 0.3) is 44.6 Å². The largest absolute Gasteiger partial charge is 0.486 e. The van der Waals surface area contributed by atoms with Gasteiger partial charge in [-0.05, 0) is 55.8 Å². The Morgan fingerprint density at radius 2 is 1.28 bits per heavy atom. The molecule has 67 heavy (non-hydrogen) atoms. The number of nitrogens with zero attached hydrogens (tertiary/aromatic N) is 7. The number of rotatable bonds is 5. The molecule has 2 N–H and O–H groups in total. The zero-order valence-corrected chi connectivity index (χ0v) is 36.9. The minimum absolute atomic E-state index is 0.0558. The van der Waals surface area contributed by atoms with Gasteiger partial charge in [-0.1, -0.05) is 19.9 Å². The fourth-order valence-corrected chi connectivity index (χ4v) is 10.3. The molecule has 0 amide bonds. The molecule has 6 aliphatic rings. The molecular formula is C48H45N7O12. The van der Waals surface area contributed by atoms with Gasteiger partial charge in [-0.25, -0.2) is 19.6 Å². The molecule has 0 unspecified atom stereocenters. The quantitative estimate of drug-likeness (QED) is 0.143. The summed E-state index contributed by atoms with van der Waals surface area (Å²) in [7, 11) is 2.14. The lowest BCUT2D eigenvalue weighted by Gasteiger charge is -2.33. The lowest BCUT2D eigenvalue weighted by Crippen LogP contribution is -2.44. The summed E-state index contributed by atoms with van der Waals surface area (Å²) in [6.07, 6.45) is 0.170. The molecule has 0 radical (unpaired) electrons. The number of aromatic nitrogens is 4. The van der Waals surface area contributed by atoms with Crippen molar-refractivity contribution in [1.82, 2.24) is 28.9 Å². The Morgan fingerprint density at radius 3 is 1.90 bits per heavy atom. The van der Waals surface area contributed by atoms with Crippen LogP contribution in [0.5, 0.6) is 11.5 Å². The highest BCUT2D eigenvalue weighted by Gasteiger charge is 2.47. The van der Waals surface area contributed by atoms with Gasteiger partial charge < -0.3 is 43.2 Å². The van der Waals surface area contributed by atoms with Gasteiger partial charge >= 0.3 is 11.9 Å². The van der Waals surface area contributed by atoms with Crippen LogP contribution in [0.1, 0.15) is 65.6 Å². The van der Waals surface area contributed by atoms with Gasteiger partial charge in [0.05, 0.1) is 68.3 Å². The molecule has 0 spiro atoms. The number of hydrogen-bond donors (Lipinski definition) is 2. The van der Waals surface area contributed by atoms with Crippen molar-refractivity contribution in [1.29, 1.82) is 0 Å². The summed E-state index contributed by atoms with van der Waals surface area (Å²) in [6, 6.07) is 13.6. The first-order chi connectivity index (χ1) is 32.2. The highest BCUT2D eigenvalue weighted by molar-refractivity contribution is 5.93. The van der Waals surface area contributed by atoms with Gasteiger partial charge in [-0.3, -0.25) is 24.6 Å². The Balaban J connectivity index is 0.000000153. The number of nitro groups is 1. The molecule has 4 aromatic heterocycles. The van der Waals surface area contributed by atoms with Crippen molar-refractivity contribution in [3.05, 3.63) is 118 Å². The number of carbonyl (C=O) groups excluding carboxylic acids is 2. The number of fused-ring (bicyclic) bond motifs is 11. The normalized spacial score (nSPS) is 21.3. The third-order valence-electron chi connectivity index (χ3n) is 14.2. The number of aliphatic hydroxyl groups is 2. The number of pyridine rings is 4. The summed E-state index contributed by atoms with van der Waals surface area (Å²) in [5.41, 5.74) is 2.97. The Kier molecular flexibility index (Phi) is 9.86. The molecule has 10 heterocycles. The molecule has 1 saturated heterocycles. The highest BCUT2D eigenvalue weighted by Crippen LogP contribution is 2.44. The zero-order valence-electron chi connectivity index (χ0n) is 36.9. The van der Waals surface area contributed by atoms with Crippen LogP contribution in [0.2, 0.25) is 0 Å². The van der Waals surface area contributed by atoms with Crippen molar-refractivity contribution in [3.63, 3.8) is 0 Å². The molecule has 6 aromatic rings. The molecule has 344 valence electrons. The van der Waals surface area contributed by atoms with Crippen molar-refractivity contribution in [2.45, 2.75) is 70.7 Å². The second-order valence-corrected chi connectivity index (χ2v) is 17.8. The number of nitro benzene ring substituents is 1. The van der Waals surface area contributed by atoms with Crippen molar-refractivity contribution >= 4 is 39.4 Å². The van der Waals surface area contributed by atoms with E-state index in [1.54, 1.807) is 48.7 Å². The van der Waals surface area contributed by atoms with Crippen LogP contribution in [0, 0.1) is 10.1 Å². The Morgan fingerprint density at radius 1 is 0.701 bits per heavy atom. The summed E-state index contributed by atoms with van der Waals surface area (Å²) in [5, 5.41) is 34.8. The minimum Gasteiger partial charge on any atom is -0.486 e. The van der Waals surface area contributed by atoms with Gasteiger partial charge in [0.1, 0.15) is 26.4 Å². The Labute approximate surface area is 380 Å². The van der Waals surface area contributed by atoms with E-state index in [1.165, 1.54) is 10.6 Å². The van der Waals surface area contributed by atoms with E-state index in [0.717, 1.165) is 54.8 Å². The molecule has 19 nitrogen and oxygen atoms in total. The standard InChI is InChI=1S/C28H30N4O6.C20H15N3O6/c1-3-28(35)20-11-22-25-18(14-32(22)26(33)19(20)15-38-27(28)34)17(13-31-6-4-30(2)5-7-31)16-10-23-24(12-21(16)29-25)37-9-8-36-23;1-2-20(26)13-7-16-17-10(8-22(16)18(24)12(13)9-29-19(20)25)6-11-14(21-17)4-3-5-15(11)23(27)28/h10-12,35H,3-9,13-15H2,1-2H3;3-7,26H,2,8-9H2,1H3/t28-;20-/m00/s1. The predicted molar refractivity (Wildman–Crippen MR) is 239 cm³/mol. The van der Waals surface area contributed by atoms with E-state index in [1.807, 2.05) is 12.1 Å². The van der Waals surface area contributed by atoms with Crippen LogP contribution >= 0.6 is 0 Å². The maximum atomic E-state index is 13.7. The fraction of sp³-hybridized carbons (Fsp3) is 0.375. The van der Waals surface area contributed by atoms with Crippen molar-refractivity contribution in [2.75, 3.05) is 46.4 Å². The first-order valence-electron chi connectivity index (χ1n) is 22.3. The molecular weight excluding hydrogens is 867 g/mol. The highest BCUT2D eigenvalue weighted by atomic mass is 16.6. The molecule has 2 atom stereocenters. The molecule has 0 bridgehead atoms. The minimum atomic E-state index is -1.89. The van der Waals surface area contributed by atoms with E-state index >= 15 is 0 Å². The van der Waals surface area contributed by atoms with Gasteiger partial charge in [-0.2, -0.15) is 0 Å². The van der Waals surface area contributed by atoms with E-state index in [-0.39, 0.29) is 60.5 Å². The zero-order chi connectivity index (χ0) is 46.7. The maximum absolute atomic E-state index is 13.7. The second-order valence-electron chi connectivity index (χ2n) is 17.8. The summed E-state index contributed by atoms with van der Waals surface area (Å²) in [6.45, 7) is 9.16.